The highest BCUT2D eigenvalue weighted by Crippen LogP contribution is 2.39. The maximum atomic E-state index is 11.9. The van der Waals surface area contributed by atoms with Crippen LogP contribution in [0.5, 0.6) is 0 Å². The summed E-state index contributed by atoms with van der Waals surface area (Å²) in [5, 5.41) is 20.4. The maximum Gasteiger partial charge on any atom is 0.326 e. The van der Waals surface area contributed by atoms with Gasteiger partial charge in [-0.25, -0.2) is 4.79 Å². The Kier molecular flexibility index (Phi) is 4.16. The van der Waals surface area contributed by atoms with Crippen LogP contribution in [-0.2, 0) is 4.79 Å². The van der Waals surface area contributed by atoms with Gasteiger partial charge in [-0.3, -0.25) is 9.50 Å². The van der Waals surface area contributed by atoms with Crippen molar-refractivity contribution in [3.8, 4) is 0 Å². The molecule has 1 saturated carbocycles. The number of rotatable bonds is 6. The molecule has 0 aromatic carbocycles. The molecule has 29 heavy (non-hydrogen) atoms. The van der Waals surface area contributed by atoms with E-state index in [4.69, 9.17) is 0 Å². The van der Waals surface area contributed by atoms with Gasteiger partial charge in [0.25, 0.3) is 0 Å². The molecule has 0 radical (unpaired) electrons. The van der Waals surface area contributed by atoms with Gasteiger partial charge in [0.15, 0.2) is 5.82 Å². The van der Waals surface area contributed by atoms with Crippen molar-refractivity contribution in [2.45, 2.75) is 37.3 Å². The Bertz CT molecular complexity index is 1050. The Morgan fingerprint density at radius 1 is 1.34 bits per heavy atom. The van der Waals surface area contributed by atoms with Gasteiger partial charge in [-0.05, 0) is 45.5 Å². The number of hydrogen-bond donors (Lipinski definition) is 3. The van der Waals surface area contributed by atoms with Gasteiger partial charge in [0.1, 0.15) is 11.7 Å². The van der Waals surface area contributed by atoms with Crippen molar-refractivity contribution in [2.24, 2.45) is 0 Å². The molecule has 4 heterocycles. The van der Waals surface area contributed by atoms with Crippen molar-refractivity contribution in [3.63, 3.8) is 0 Å². The molecule has 10 heteroatoms. The zero-order chi connectivity index (χ0) is 20.1. The monoisotopic (exact) mass is 396 g/mol. The lowest BCUT2D eigenvalue weighted by molar-refractivity contribution is -0.138. The molecule has 0 spiro atoms. The zero-order valence-corrected chi connectivity index (χ0v) is 16.4. The smallest absolute Gasteiger partial charge is 0.326 e. The molecule has 3 aromatic heterocycles. The van der Waals surface area contributed by atoms with E-state index in [1.165, 1.54) is 12.8 Å². The summed E-state index contributed by atoms with van der Waals surface area (Å²) >= 11 is 0. The predicted molar refractivity (Wildman–Crippen MR) is 108 cm³/mol. The highest BCUT2D eigenvalue weighted by molar-refractivity contribution is 5.78. The lowest BCUT2D eigenvalue weighted by Crippen LogP contribution is -2.37. The van der Waals surface area contributed by atoms with Gasteiger partial charge in [0, 0.05) is 36.5 Å². The molecular weight excluding hydrogens is 372 g/mol. The molecule has 2 fully saturated rings. The summed E-state index contributed by atoms with van der Waals surface area (Å²) < 4.78 is 1.84. The second kappa shape index (κ2) is 6.73. The van der Waals surface area contributed by atoms with E-state index in [0.29, 0.717) is 42.2 Å². The van der Waals surface area contributed by atoms with Gasteiger partial charge >= 0.3 is 5.97 Å². The fraction of sp³-hybridized carbons (Fsp3) is 0.474. The van der Waals surface area contributed by atoms with Crippen molar-refractivity contribution in [1.82, 2.24) is 29.5 Å². The number of anilines is 3. The minimum absolute atomic E-state index is 0.131. The van der Waals surface area contributed by atoms with Crippen LogP contribution in [0.4, 0.5) is 17.7 Å². The summed E-state index contributed by atoms with van der Waals surface area (Å²) in [6.07, 6.45) is 4.79. The number of carboxylic acids is 1. The van der Waals surface area contributed by atoms with Crippen molar-refractivity contribution in [3.05, 3.63) is 30.1 Å². The Labute approximate surface area is 167 Å². The maximum absolute atomic E-state index is 11.9. The predicted octanol–water partition coefficient (Wildman–Crippen LogP) is 1.67. The minimum atomic E-state index is -0.857. The first-order chi connectivity index (χ1) is 14.0. The number of aromatic nitrogens is 5. The second-order valence-corrected chi connectivity index (χ2v) is 8.05. The van der Waals surface area contributed by atoms with Crippen molar-refractivity contribution < 1.29 is 9.90 Å². The number of likely N-dealkylation sites (N-methyl/N-ethyl adjacent to an activating group) is 1. The number of H-pyrrole nitrogens is 1. The van der Waals surface area contributed by atoms with Crippen LogP contribution in [0.15, 0.2) is 24.4 Å². The van der Waals surface area contributed by atoms with Gasteiger partial charge in [0.05, 0.1) is 0 Å². The van der Waals surface area contributed by atoms with E-state index in [9.17, 15) is 9.90 Å². The second-order valence-electron chi connectivity index (χ2n) is 8.05. The quantitative estimate of drug-likeness (QED) is 0.576. The third-order valence-electron chi connectivity index (χ3n) is 5.78. The molecule has 2 aliphatic rings. The van der Waals surface area contributed by atoms with Gasteiger partial charge in [0.2, 0.25) is 11.9 Å². The van der Waals surface area contributed by atoms with E-state index in [0.717, 1.165) is 5.69 Å². The number of carboxylic acid groups (broad SMARTS) is 1. The number of aliphatic carboxylic acids is 1. The first kappa shape index (κ1) is 17.9. The number of fused-ring (bicyclic) bond motifs is 1. The van der Waals surface area contributed by atoms with Crippen molar-refractivity contribution in [1.29, 1.82) is 0 Å². The van der Waals surface area contributed by atoms with E-state index in [2.05, 4.69) is 25.5 Å². The first-order valence-electron chi connectivity index (χ1n) is 9.83. The fourth-order valence-electron chi connectivity index (χ4n) is 3.90. The van der Waals surface area contributed by atoms with Gasteiger partial charge in [-0.2, -0.15) is 15.1 Å². The molecule has 1 aliphatic carbocycles. The Morgan fingerprint density at radius 3 is 2.90 bits per heavy atom. The van der Waals surface area contributed by atoms with Crippen molar-refractivity contribution in [2.75, 3.05) is 30.9 Å². The fourth-order valence-corrected chi connectivity index (χ4v) is 3.90. The van der Waals surface area contributed by atoms with Crippen LogP contribution in [0.25, 0.3) is 5.65 Å². The summed E-state index contributed by atoms with van der Waals surface area (Å²) in [6.45, 7) is 0.564. The first-order valence-corrected chi connectivity index (χ1v) is 9.83. The number of aromatic amines is 1. The number of nitrogens with one attached hydrogen (secondary N) is 2. The summed E-state index contributed by atoms with van der Waals surface area (Å²) in [4.78, 5) is 25.0. The zero-order valence-electron chi connectivity index (χ0n) is 16.4. The van der Waals surface area contributed by atoms with Crippen LogP contribution in [-0.4, -0.2) is 73.3 Å². The molecular formula is C19H24N8O2. The molecule has 1 saturated heterocycles. The van der Waals surface area contributed by atoms with Crippen LogP contribution < -0.4 is 10.2 Å². The SMILES string of the molecule is CN(C)[C@H]1C[C@@H](C(=O)O)N(c2nc(Nc3cc(C4CC4)[nH]n3)n3cccc3n2)C1. The molecule has 3 N–H and O–H groups in total. The molecule has 2 atom stereocenters. The molecule has 0 bridgehead atoms. The van der Waals surface area contributed by atoms with Gasteiger partial charge in [-0.15, -0.1) is 0 Å². The van der Waals surface area contributed by atoms with Crippen LogP contribution in [0.3, 0.4) is 0 Å². The van der Waals surface area contributed by atoms with E-state index in [-0.39, 0.29) is 6.04 Å². The molecule has 1 aliphatic heterocycles. The van der Waals surface area contributed by atoms with Gasteiger partial charge < -0.3 is 20.2 Å². The molecule has 152 valence electrons. The van der Waals surface area contributed by atoms with Crippen LogP contribution in [0.2, 0.25) is 0 Å². The summed E-state index contributed by atoms with van der Waals surface area (Å²) in [6, 6.07) is 5.25. The highest BCUT2D eigenvalue weighted by atomic mass is 16.4. The number of carbonyl (C=O) groups is 1. The largest absolute Gasteiger partial charge is 0.480 e. The number of nitrogens with zero attached hydrogens (tertiary/aromatic N) is 6. The highest BCUT2D eigenvalue weighted by Gasteiger charge is 2.39. The minimum Gasteiger partial charge on any atom is -0.480 e. The van der Waals surface area contributed by atoms with Crippen LogP contribution in [0, 0.1) is 0 Å². The van der Waals surface area contributed by atoms with Crippen LogP contribution >= 0.6 is 0 Å². The van der Waals surface area contributed by atoms with Crippen molar-refractivity contribution >= 4 is 29.3 Å². The Morgan fingerprint density at radius 2 is 2.17 bits per heavy atom. The third-order valence-corrected chi connectivity index (χ3v) is 5.78. The molecule has 5 rings (SSSR count). The summed E-state index contributed by atoms with van der Waals surface area (Å²) in [5.74, 6) is 1.38. The lowest BCUT2D eigenvalue weighted by atomic mass is 10.1. The summed E-state index contributed by atoms with van der Waals surface area (Å²) in [7, 11) is 3.93. The molecule has 0 amide bonds. The normalized spacial score (nSPS) is 22.0. The van der Waals surface area contributed by atoms with Gasteiger partial charge in [-0.1, -0.05) is 0 Å². The topological polar surface area (TPSA) is 115 Å². The average molecular weight is 396 g/mol. The number of hydrogen-bond acceptors (Lipinski definition) is 7. The van der Waals surface area contributed by atoms with E-state index in [1.54, 1.807) is 4.90 Å². The molecule has 10 nitrogen and oxygen atoms in total. The average Bonchev–Trinajstić information content (AvgIpc) is 3.11. The summed E-state index contributed by atoms with van der Waals surface area (Å²) in [5.41, 5.74) is 1.83. The molecule has 0 unspecified atom stereocenters. The van der Waals surface area contributed by atoms with E-state index in [1.807, 2.05) is 47.8 Å². The van der Waals surface area contributed by atoms with Crippen LogP contribution in [0.1, 0.15) is 30.9 Å². The Balaban J connectivity index is 1.50. The lowest BCUT2D eigenvalue weighted by Gasteiger charge is -2.23. The third kappa shape index (κ3) is 3.29. The molecule has 3 aromatic rings. The Hall–Kier alpha value is -3.14. The standard InChI is InChI=1S/C19H24N8O2/c1-25(2)12-8-14(17(28)29)27(10-12)19-21-16-4-3-7-26(16)18(22-19)20-15-9-13(23-24-15)11-5-6-11/h3-4,7,9,11-12,14H,5-6,8,10H2,1-2H3,(H,28,29)(H2,20,21,22,23,24)/t12-,14-/m0/s1. The van der Waals surface area contributed by atoms with E-state index >= 15 is 0 Å². The van der Waals surface area contributed by atoms with E-state index < -0.39 is 12.0 Å².